The van der Waals surface area contributed by atoms with Gasteiger partial charge < -0.3 is 10.2 Å². The Balaban J connectivity index is 0.00000180. The van der Waals surface area contributed by atoms with Crippen molar-refractivity contribution in [1.82, 2.24) is 0 Å². The predicted molar refractivity (Wildman–Crippen MR) is 75.3 cm³/mol. The van der Waals surface area contributed by atoms with E-state index in [1.54, 1.807) is 4.57 Å². The van der Waals surface area contributed by atoms with Crippen molar-refractivity contribution in [2.24, 2.45) is 0 Å². The standard InChI is InChI=1S/C11H9NO4S2.ClH/c13-9(14)5-12-7-3-1-2-4-8(7)18-11(12)17-6-10(15)16;/h1-4H,5-6H2,(H-,13,14,15,16);1H/p+1. The summed E-state index contributed by atoms with van der Waals surface area (Å²) in [5.41, 5.74) is 0.817. The lowest BCUT2D eigenvalue weighted by molar-refractivity contribution is -0.691. The van der Waals surface area contributed by atoms with Gasteiger partial charge in [-0.25, -0.2) is 4.79 Å². The number of rotatable bonds is 5. The average Bonchev–Trinajstić information content (AvgIpc) is 2.64. The Morgan fingerprint density at radius 2 is 1.89 bits per heavy atom. The van der Waals surface area contributed by atoms with E-state index in [4.69, 9.17) is 10.2 Å². The molecule has 8 heteroatoms. The number of carboxylic acids is 2. The van der Waals surface area contributed by atoms with Crippen LogP contribution in [0.5, 0.6) is 0 Å². The molecule has 0 bridgehead atoms. The van der Waals surface area contributed by atoms with Crippen molar-refractivity contribution in [1.29, 1.82) is 0 Å². The third-order valence-electron chi connectivity index (χ3n) is 2.19. The zero-order valence-corrected chi connectivity index (χ0v) is 12.1. The fourth-order valence-electron chi connectivity index (χ4n) is 1.53. The molecule has 0 aliphatic carbocycles. The molecule has 0 aliphatic heterocycles. The molecule has 0 atom stereocenters. The van der Waals surface area contributed by atoms with Crippen LogP contribution in [0.2, 0.25) is 0 Å². The molecular formula is C11H11ClNO4S2+. The summed E-state index contributed by atoms with van der Waals surface area (Å²) < 4.78 is 3.28. The van der Waals surface area contributed by atoms with Crippen LogP contribution in [0.4, 0.5) is 0 Å². The highest BCUT2D eigenvalue weighted by molar-refractivity contribution is 8.01. The molecule has 2 N–H and O–H groups in total. The van der Waals surface area contributed by atoms with Gasteiger partial charge in [-0.05, 0) is 17.8 Å². The van der Waals surface area contributed by atoms with Gasteiger partial charge in [-0.15, -0.1) is 12.4 Å². The van der Waals surface area contributed by atoms with E-state index in [1.807, 2.05) is 24.3 Å². The lowest BCUT2D eigenvalue weighted by Gasteiger charge is -1.94. The van der Waals surface area contributed by atoms with Gasteiger partial charge in [0.05, 0.1) is 0 Å². The Bertz CT molecular complexity index is 614. The van der Waals surface area contributed by atoms with E-state index < -0.39 is 11.9 Å². The first kappa shape index (κ1) is 15.7. The second kappa shape index (κ2) is 6.74. The number of halogens is 1. The van der Waals surface area contributed by atoms with Crippen LogP contribution in [-0.4, -0.2) is 27.9 Å². The first-order valence-corrected chi connectivity index (χ1v) is 6.86. The van der Waals surface area contributed by atoms with Gasteiger partial charge in [0.25, 0.3) is 4.34 Å². The summed E-state index contributed by atoms with van der Waals surface area (Å²) in [6.45, 7) is -0.161. The van der Waals surface area contributed by atoms with Gasteiger partial charge in [-0.1, -0.05) is 23.5 Å². The highest BCUT2D eigenvalue weighted by atomic mass is 35.5. The van der Waals surface area contributed by atoms with Crippen molar-refractivity contribution in [3.8, 4) is 0 Å². The Morgan fingerprint density at radius 1 is 1.21 bits per heavy atom. The van der Waals surface area contributed by atoms with Crippen LogP contribution in [0.1, 0.15) is 0 Å². The summed E-state index contributed by atoms with van der Waals surface area (Å²) in [5, 5.41) is 17.6. The van der Waals surface area contributed by atoms with Gasteiger partial charge in [0.15, 0.2) is 0 Å². The molecule has 0 amide bonds. The van der Waals surface area contributed by atoms with Crippen LogP contribution in [0.25, 0.3) is 10.2 Å². The molecule has 2 aromatic rings. The van der Waals surface area contributed by atoms with E-state index in [9.17, 15) is 9.59 Å². The van der Waals surface area contributed by atoms with E-state index in [-0.39, 0.29) is 24.7 Å². The molecule has 0 unspecified atom stereocenters. The van der Waals surface area contributed by atoms with E-state index in [0.717, 1.165) is 22.0 Å². The van der Waals surface area contributed by atoms with E-state index in [2.05, 4.69) is 0 Å². The van der Waals surface area contributed by atoms with E-state index in [1.165, 1.54) is 11.3 Å². The van der Waals surface area contributed by atoms with Crippen molar-refractivity contribution in [2.75, 3.05) is 5.75 Å². The minimum Gasteiger partial charge on any atom is -0.481 e. The number of aromatic nitrogens is 1. The molecule has 5 nitrogen and oxygen atoms in total. The molecule has 0 fully saturated rings. The fraction of sp³-hybridized carbons (Fsp3) is 0.182. The summed E-state index contributed by atoms with van der Waals surface area (Å²) in [5.74, 6) is -1.94. The van der Waals surface area contributed by atoms with Crippen LogP contribution in [0.15, 0.2) is 28.6 Å². The SMILES string of the molecule is Cl.O=C(O)CSc1sc2ccccc2[n+]1CC(=O)O. The lowest BCUT2D eigenvalue weighted by atomic mass is 10.3. The number of aliphatic carboxylic acids is 2. The molecule has 1 aromatic heterocycles. The number of carboxylic acid groups (broad SMARTS) is 2. The van der Waals surface area contributed by atoms with Crippen molar-refractivity contribution < 1.29 is 24.4 Å². The number of thiazole rings is 1. The average molecular weight is 321 g/mol. The Kier molecular flexibility index (Phi) is 5.59. The molecule has 0 radical (unpaired) electrons. The third kappa shape index (κ3) is 3.82. The largest absolute Gasteiger partial charge is 0.481 e. The number of hydrogen-bond donors (Lipinski definition) is 2. The second-order valence-electron chi connectivity index (χ2n) is 3.50. The summed E-state index contributed by atoms with van der Waals surface area (Å²) in [4.78, 5) is 21.4. The van der Waals surface area contributed by atoms with Crippen LogP contribution in [0.3, 0.4) is 0 Å². The molecule has 0 saturated carbocycles. The minimum absolute atomic E-state index is 0. The number of thioether (sulfide) groups is 1. The summed E-state index contributed by atoms with van der Waals surface area (Å²) in [7, 11) is 0. The number of carbonyl (C=O) groups is 2. The summed E-state index contributed by atoms with van der Waals surface area (Å²) in [6, 6.07) is 7.43. The molecule has 1 aromatic carbocycles. The van der Waals surface area contributed by atoms with Crippen molar-refractivity contribution in [2.45, 2.75) is 10.9 Å². The van der Waals surface area contributed by atoms with Gasteiger partial charge in [0, 0.05) is 6.07 Å². The zero-order chi connectivity index (χ0) is 13.1. The van der Waals surface area contributed by atoms with Gasteiger partial charge in [0.1, 0.15) is 10.5 Å². The fourth-order valence-corrected chi connectivity index (χ4v) is 3.67. The highest BCUT2D eigenvalue weighted by Gasteiger charge is 2.23. The maximum atomic E-state index is 10.9. The van der Waals surface area contributed by atoms with Crippen molar-refractivity contribution in [3.63, 3.8) is 0 Å². The monoisotopic (exact) mass is 320 g/mol. The maximum absolute atomic E-state index is 10.9. The zero-order valence-electron chi connectivity index (χ0n) is 9.61. The quantitative estimate of drug-likeness (QED) is 0.649. The van der Waals surface area contributed by atoms with Gasteiger partial charge in [0.2, 0.25) is 12.1 Å². The van der Waals surface area contributed by atoms with Crippen LogP contribution in [-0.2, 0) is 16.1 Å². The highest BCUT2D eigenvalue weighted by Crippen LogP contribution is 2.27. The topological polar surface area (TPSA) is 78.5 Å². The van der Waals surface area contributed by atoms with Crippen LogP contribution < -0.4 is 4.57 Å². The molecule has 2 rings (SSSR count). The number of benzene rings is 1. The molecule has 0 saturated heterocycles. The van der Waals surface area contributed by atoms with E-state index in [0.29, 0.717) is 4.34 Å². The minimum atomic E-state index is -0.944. The Labute approximate surface area is 123 Å². The summed E-state index contributed by atoms with van der Waals surface area (Å²) in [6.07, 6.45) is 0. The summed E-state index contributed by atoms with van der Waals surface area (Å²) >= 11 is 2.55. The first-order valence-electron chi connectivity index (χ1n) is 5.05. The van der Waals surface area contributed by atoms with Gasteiger partial charge in [-0.2, -0.15) is 4.57 Å². The predicted octanol–water partition coefficient (Wildman–Crippen LogP) is 1.87. The molecule has 102 valence electrons. The van der Waals surface area contributed by atoms with Crippen LogP contribution in [0, 0.1) is 0 Å². The first-order chi connectivity index (χ1) is 8.58. The van der Waals surface area contributed by atoms with Crippen molar-refractivity contribution in [3.05, 3.63) is 24.3 Å². The molecule has 1 heterocycles. The third-order valence-corrected chi connectivity index (χ3v) is 4.61. The van der Waals surface area contributed by atoms with Gasteiger partial charge >= 0.3 is 11.9 Å². The number of fused-ring (bicyclic) bond motifs is 1. The normalized spacial score (nSPS) is 10.1. The smallest absolute Gasteiger partial charge is 0.370 e. The lowest BCUT2D eigenvalue weighted by Crippen LogP contribution is -2.38. The van der Waals surface area contributed by atoms with E-state index >= 15 is 0 Å². The van der Waals surface area contributed by atoms with Gasteiger partial charge in [-0.3, -0.25) is 4.79 Å². The molecule has 0 aliphatic rings. The molecule has 0 spiro atoms. The maximum Gasteiger partial charge on any atom is 0.370 e. The number of hydrogen-bond acceptors (Lipinski definition) is 4. The molecular weight excluding hydrogens is 310 g/mol. The second-order valence-corrected chi connectivity index (χ2v) is 5.75. The van der Waals surface area contributed by atoms with Crippen molar-refractivity contribution >= 4 is 57.7 Å². The van der Waals surface area contributed by atoms with Crippen LogP contribution >= 0.6 is 35.5 Å². The number of para-hydroxylation sites is 1. The number of nitrogens with zero attached hydrogens (tertiary/aromatic N) is 1. The Hall–Kier alpha value is -1.31. The molecule has 19 heavy (non-hydrogen) atoms. The Morgan fingerprint density at radius 3 is 2.53 bits per heavy atom.